The van der Waals surface area contributed by atoms with Crippen LogP contribution in [0.1, 0.15) is 24.8 Å². The topological polar surface area (TPSA) is 27.0 Å². The zero-order valence-electron chi connectivity index (χ0n) is 8.89. The molecule has 2 heteroatoms. The molecule has 1 aliphatic heterocycles. The molecule has 0 bridgehead atoms. The van der Waals surface area contributed by atoms with E-state index >= 15 is 0 Å². The lowest BCUT2D eigenvalue weighted by Gasteiger charge is -2.31. The summed E-state index contributed by atoms with van der Waals surface area (Å²) in [4.78, 5) is 2.29. The fourth-order valence-electron chi connectivity index (χ4n) is 2.14. The van der Waals surface area contributed by atoms with Gasteiger partial charge >= 0.3 is 0 Å². The Kier molecular flexibility index (Phi) is 3.37. The molecular weight excluding hydrogens is 184 g/mol. The number of likely N-dealkylation sites (tertiary alicyclic amines) is 1. The Labute approximate surface area is 91.1 Å². The van der Waals surface area contributed by atoms with Crippen molar-refractivity contribution in [3.05, 3.63) is 35.9 Å². The smallest absolute Gasteiger partial charge is 0.0980 e. The van der Waals surface area contributed by atoms with Gasteiger partial charge in [-0.1, -0.05) is 30.3 Å². The van der Waals surface area contributed by atoms with Crippen LogP contribution in [-0.4, -0.2) is 17.5 Å². The van der Waals surface area contributed by atoms with Crippen molar-refractivity contribution >= 4 is 0 Å². The van der Waals surface area contributed by atoms with Gasteiger partial charge in [0, 0.05) is 6.54 Å². The third kappa shape index (κ3) is 2.57. The molecule has 1 atom stereocenters. The van der Waals surface area contributed by atoms with E-state index in [1.807, 2.05) is 6.07 Å². The van der Waals surface area contributed by atoms with E-state index in [1.165, 1.54) is 18.4 Å². The highest BCUT2D eigenvalue weighted by molar-refractivity contribution is 5.15. The van der Waals surface area contributed by atoms with E-state index in [9.17, 15) is 0 Å². The minimum atomic E-state index is 0.124. The standard InChI is InChI=1S/C13H16N2/c14-10-13-8-4-5-9-15(13)11-12-6-2-1-3-7-12/h1-3,6-7,13H,4-5,8-9,11H2/t13-/m0/s1. The van der Waals surface area contributed by atoms with Gasteiger partial charge in [0.05, 0.1) is 12.1 Å². The van der Waals surface area contributed by atoms with Crippen LogP contribution in [0.3, 0.4) is 0 Å². The number of hydrogen-bond acceptors (Lipinski definition) is 2. The first-order chi connectivity index (χ1) is 7.40. The Morgan fingerprint density at radius 3 is 2.80 bits per heavy atom. The van der Waals surface area contributed by atoms with E-state index < -0.39 is 0 Å². The van der Waals surface area contributed by atoms with Gasteiger partial charge in [-0.25, -0.2) is 0 Å². The van der Waals surface area contributed by atoms with Gasteiger partial charge in [-0.3, -0.25) is 4.90 Å². The summed E-state index contributed by atoms with van der Waals surface area (Å²) in [6.07, 6.45) is 3.46. The van der Waals surface area contributed by atoms with Crippen molar-refractivity contribution in [3.8, 4) is 6.07 Å². The van der Waals surface area contributed by atoms with Crippen LogP contribution in [-0.2, 0) is 6.54 Å². The highest BCUT2D eigenvalue weighted by atomic mass is 15.2. The van der Waals surface area contributed by atoms with Crippen molar-refractivity contribution in [1.82, 2.24) is 4.90 Å². The zero-order valence-corrected chi connectivity index (χ0v) is 8.89. The van der Waals surface area contributed by atoms with Gasteiger partial charge in [0.25, 0.3) is 0 Å². The summed E-state index contributed by atoms with van der Waals surface area (Å²) in [7, 11) is 0. The molecule has 1 fully saturated rings. The molecule has 0 aliphatic carbocycles. The van der Waals surface area contributed by atoms with Crippen molar-refractivity contribution in [2.75, 3.05) is 6.54 Å². The van der Waals surface area contributed by atoms with Crippen LogP contribution in [0.4, 0.5) is 0 Å². The maximum absolute atomic E-state index is 9.05. The molecule has 0 aromatic heterocycles. The fourth-order valence-corrected chi connectivity index (χ4v) is 2.14. The lowest BCUT2D eigenvalue weighted by Crippen LogP contribution is -2.37. The van der Waals surface area contributed by atoms with Gasteiger partial charge in [-0.15, -0.1) is 0 Å². The van der Waals surface area contributed by atoms with Crippen molar-refractivity contribution in [3.63, 3.8) is 0 Å². The maximum Gasteiger partial charge on any atom is 0.0980 e. The largest absolute Gasteiger partial charge is 0.284 e. The Morgan fingerprint density at radius 2 is 2.07 bits per heavy atom. The van der Waals surface area contributed by atoms with Gasteiger partial charge in [0.2, 0.25) is 0 Å². The Hall–Kier alpha value is -1.33. The molecule has 1 aromatic rings. The van der Waals surface area contributed by atoms with Gasteiger partial charge in [-0.05, 0) is 31.4 Å². The molecule has 1 saturated heterocycles. The Bertz CT molecular complexity index is 339. The van der Waals surface area contributed by atoms with Crippen LogP contribution in [0, 0.1) is 11.3 Å². The first kappa shape index (κ1) is 10.2. The molecular formula is C13H16N2. The number of nitrogens with zero attached hydrogens (tertiary/aromatic N) is 2. The average molecular weight is 200 g/mol. The van der Waals surface area contributed by atoms with E-state index in [0.717, 1.165) is 19.5 Å². The van der Waals surface area contributed by atoms with E-state index in [0.29, 0.717) is 0 Å². The highest BCUT2D eigenvalue weighted by Crippen LogP contribution is 2.18. The second-order valence-corrected chi connectivity index (χ2v) is 4.10. The van der Waals surface area contributed by atoms with Crippen molar-refractivity contribution in [2.45, 2.75) is 31.8 Å². The molecule has 1 aromatic carbocycles. The summed E-state index contributed by atoms with van der Waals surface area (Å²) in [5.41, 5.74) is 1.31. The first-order valence-electron chi connectivity index (χ1n) is 5.58. The summed E-state index contributed by atoms with van der Waals surface area (Å²) in [5.74, 6) is 0. The zero-order chi connectivity index (χ0) is 10.5. The molecule has 15 heavy (non-hydrogen) atoms. The molecule has 0 spiro atoms. The third-order valence-electron chi connectivity index (χ3n) is 2.99. The normalized spacial score (nSPS) is 22.2. The Morgan fingerprint density at radius 1 is 1.27 bits per heavy atom. The van der Waals surface area contributed by atoms with Gasteiger partial charge < -0.3 is 0 Å². The first-order valence-corrected chi connectivity index (χ1v) is 5.58. The summed E-state index contributed by atoms with van der Waals surface area (Å²) in [5, 5.41) is 9.05. The molecule has 0 amide bonds. The van der Waals surface area contributed by atoms with E-state index in [4.69, 9.17) is 5.26 Å². The summed E-state index contributed by atoms with van der Waals surface area (Å²) >= 11 is 0. The van der Waals surface area contributed by atoms with Crippen LogP contribution < -0.4 is 0 Å². The van der Waals surface area contributed by atoms with E-state index in [1.54, 1.807) is 0 Å². The van der Waals surface area contributed by atoms with Gasteiger partial charge in [0.15, 0.2) is 0 Å². The predicted octanol–water partition coefficient (Wildman–Crippen LogP) is 2.56. The molecule has 0 saturated carbocycles. The highest BCUT2D eigenvalue weighted by Gasteiger charge is 2.21. The predicted molar refractivity (Wildman–Crippen MR) is 60.1 cm³/mol. The van der Waals surface area contributed by atoms with Crippen LogP contribution >= 0.6 is 0 Å². The van der Waals surface area contributed by atoms with Crippen LogP contribution in [0.2, 0.25) is 0 Å². The number of hydrogen-bond donors (Lipinski definition) is 0. The monoisotopic (exact) mass is 200 g/mol. The van der Waals surface area contributed by atoms with Crippen LogP contribution in [0.25, 0.3) is 0 Å². The summed E-state index contributed by atoms with van der Waals surface area (Å²) < 4.78 is 0. The number of nitriles is 1. The number of benzene rings is 1. The Balaban J connectivity index is 2.01. The molecule has 1 heterocycles. The van der Waals surface area contributed by atoms with Gasteiger partial charge in [-0.2, -0.15) is 5.26 Å². The molecule has 0 unspecified atom stereocenters. The third-order valence-corrected chi connectivity index (χ3v) is 2.99. The summed E-state index contributed by atoms with van der Waals surface area (Å²) in [6, 6.07) is 12.9. The van der Waals surface area contributed by atoms with Crippen LogP contribution in [0.5, 0.6) is 0 Å². The van der Waals surface area contributed by atoms with Crippen molar-refractivity contribution < 1.29 is 0 Å². The van der Waals surface area contributed by atoms with Gasteiger partial charge in [0.1, 0.15) is 0 Å². The SMILES string of the molecule is N#C[C@@H]1CCCCN1Cc1ccccc1. The van der Waals surface area contributed by atoms with Crippen molar-refractivity contribution in [1.29, 1.82) is 5.26 Å². The molecule has 1 aliphatic rings. The van der Waals surface area contributed by atoms with E-state index in [-0.39, 0.29) is 6.04 Å². The molecule has 0 N–H and O–H groups in total. The second-order valence-electron chi connectivity index (χ2n) is 4.10. The molecule has 2 nitrogen and oxygen atoms in total. The molecule has 78 valence electrons. The summed E-state index contributed by atoms with van der Waals surface area (Å²) in [6.45, 7) is 1.98. The maximum atomic E-state index is 9.05. The lowest BCUT2D eigenvalue weighted by atomic mass is 10.0. The van der Waals surface area contributed by atoms with Crippen molar-refractivity contribution in [2.24, 2.45) is 0 Å². The quantitative estimate of drug-likeness (QED) is 0.733. The number of rotatable bonds is 2. The fraction of sp³-hybridized carbons (Fsp3) is 0.462. The number of piperidine rings is 1. The average Bonchev–Trinajstić information content (AvgIpc) is 2.31. The lowest BCUT2D eigenvalue weighted by molar-refractivity contribution is 0.176. The van der Waals surface area contributed by atoms with E-state index in [2.05, 4.69) is 35.2 Å². The minimum Gasteiger partial charge on any atom is -0.284 e. The molecule has 0 radical (unpaired) electrons. The minimum absolute atomic E-state index is 0.124. The second kappa shape index (κ2) is 4.95. The van der Waals surface area contributed by atoms with Crippen LogP contribution in [0.15, 0.2) is 30.3 Å². The molecule has 2 rings (SSSR count).